The van der Waals surface area contributed by atoms with Gasteiger partial charge in [0.2, 0.25) is 18.6 Å². The van der Waals surface area contributed by atoms with Gasteiger partial charge in [-0.05, 0) is 37.1 Å². The van der Waals surface area contributed by atoms with Crippen molar-refractivity contribution < 1.29 is 23.5 Å². The first-order chi connectivity index (χ1) is 16.1. The molecule has 0 spiro atoms. The molecule has 0 saturated carbocycles. The molecule has 0 aliphatic carbocycles. The molecule has 0 radical (unpaired) electrons. The zero-order chi connectivity index (χ0) is 22.8. The van der Waals surface area contributed by atoms with Crippen molar-refractivity contribution in [3.8, 4) is 11.5 Å². The van der Waals surface area contributed by atoms with Gasteiger partial charge < -0.3 is 24.1 Å². The van der Waals surface area contributed by atoms with Crippen molar-refractivity contribution in [3.05, 3.63) is 59.9 Å². The van der Waals surface area contributed by atoms with Crippen LogP contribution in [0.4, 0.5) is 5.69 Å². The second kappa shape index (κ2) is 9.02. The summed E-state index contributed by atoms with van der Waals surface area (Å²) >= 11 is 0. The predicted molar refractivity (Wildman–Crippen MR) is 125 cm³/mol. The molecule has 33 heavy (non-hydrogen) atoms. The number of carbonyl (C=O) groups excluding carboxylic acids is 2. The van der Waals surface area contributed by atoms with Crippen LogP contribution < -0.4 is 14.8 Å². The number of hydrogen-bond acceptors (Lipinski definition) is 5. The third-order valence-electron chi connectivity index (χ3n) is 6.24. The van der Waals surface area contributed by atoms with Crippen LogP contribution >= 0.6 is 0 Å². The van der Waals surface area contributed by atoms with E-state index >= 15 is 0 Å². The number of anilines is 1. The standard InChI is InChI=1S/C26H26N2O5/c1-2-21-20(19-5-3-4-6-22(19)33-21)8-10-25(29)28-13-11-17(12-14-28)26(30)27-18-7-9-23-24(15-18)32-16-31-23/h3-10,15,17H,2,11-14,16H2,1H3,(H,27,30). The molecule has 3 aromatic rings. The first-order valence-corrected chi connectivity index (χ1v) is 11.3. The zero-order valence-electron chi connectivity index (χ0n) is 18.5. The molecule has 170 valence electrons. The summed E-state index contributed by atoms with van der Waals surface area (Å²) in [6.07, 6.45) is 5.48. The second-order valence-electron chi connectivity index (χ2n) is 8.28. The predicted octanol–water partition coefficient (Wildman–Crippen LogP) is 4.61. The monoisotopic (exact) mass is 446 g/mol. The maximum atomic E-state index is 12.8. The fraction of sp³-hybridized carbons (Fsp3) is 0.308. The number of nitrogens with one attached hydrogen (secondary N) is 1. The molecule has 1 aromatic heterocycles. The Balaban J connectivity index is 1.18. The lowest BCUT2D eigenvalue weighted by atomic mass is 9.95. The Morgan fingerprint density at radius 1 is 1.09 bits per heavy atom. The van der Waals surface area contributed by atoms with E-state index in [2.05, 4.69) is 5.32 Å². The number of para-hydroxylation sites is 1. The van der Waals surface area contributed by atoms with Gasteiger partial charge in [-0.25, -0.2) is 0 Å². The molecule has 7 heteroatoms. The number of ether oxygens (including phenoxy) is 2. The fourth-order valence-corrected chi connectivity index (χ4v) is 4.40. The number of aryl methyl sites for hydroxylation is 1. The number of piperidine rings is 1. The smallest absolute Gasteiger partial charge is 0.246 e. The van der Waals surface area contributed by atoms with E-state index in [1.807, 2.05) is 37.3 Å². The van der Waals surface area contributed by atoms with Crippen LogP contribution in [0.2, 0.25) is 0 Å². The van der Waals surface area contributed by atoms with E-state index in [4.69, 9.17) is 13.9 Å². The number of nitrogens with zero attached hydrogens (tertiary/aromatic N) is 1. The summed E-state index contributed by atoms with van der Waals surface area (Å²) < 4.78 is 16.6. The van der Waals surface area contributed by atoms with Crippen LogP contribution in [0.25, 0.3) is 17.0 Å². The molecule has 0 bridgehead atoms. The average Bonchev–Trinajstić information content (AvgIpc) is 3.46. The molecule has 1 N–H and O–H groups in total. The molecule has 1 saturated heterocycles. The summed E-state index contributed by atoms with van der Waals surface area (Å²) in [6, 6.07) is 13.2. The van der Waals surface area contributed by atoms with Crippen molar-refractivity contribution in [1.29, 1.82) is 0 Å². The molecule has 5 rings (SSSR count). The Morgan fingerprint density at radius 3 is 2.70 bits per heavy atom. The molecule has 2 aliphatic heterocycles. The van der Waals surface area contributed by atoms with E-state index in [0.717, 1.165) is 28.7 Å². The minimum Gasteiger partial charge on any atom is -0.460 e. The number of rotatable bonds is 5. The van der Waals surface area contributed by atoms with E-state index in [1.54, 1.807) is 29.2 Å². The van der Waals surface area contributed by atoms with E-state index < -0.39 is 0 Å². The van der Waals surface area contributed by atoms with Crippen molar-refractivity contribution in [3.63, 3.8) is 0 Å². The summed E-state index contributed by atoms with van der Waals surface area (Å²) in [5.41, 5.74) is 2.47. The van der Waals surface area contributed by atoms with Crippen LogP contribution in [-0.2, 0) is 16.0 Å². The average molecular weight is 447 g/mol. The summed E-state index contributed by atoms with van der Waals surface area (Å²) in [6.45, 7) is 3.34. The number of amides is 2. The second-order valence-corrected chi connectivity index (χ2v) is 8.28. The SMILES string of the molecule is CCc1oc2ccccc2c1C=CC(=O)N1CCC(C(=O)Nc2ccc3c(c2)OCO3)CC1. The molecular formula is C26H26N2O5. The number of likely N-dealkylation sites (tertiary alicyclic amines) is 1. The third-order valence-corrected chi connectivity index (χ3v) is 6.24. The largest absolute Gasteiger partial charge is 0.460 e. The molecule has 7 nitrogen and oxygen atoms in total. The van der Waals surface area contributed by atoms with Gasteiger partial charge in [0.15, 0.2) is 11.5 Å². The maximum absolute atomic E-state index is 12.8. The van der Waals surface area contributed by atoms with Gasteiger partial charge in [-0.2, -0.15) is 0 Å². The lowest BCUT2D eigenvalue weighted by Gasteiger charge is -2.30. The van der Waals surface area contributed by atoms with Gasteiger partial charge in [0.1, 0.15) is 11.3 Å². The minimum atomic E-state index is -0.132. The maximum Gasteiger partial charge on any atom is 0.246 e. The Morgan fingerprint density at radius 2 is 1.88 bits per heavy atom. The first-order valence-electron chi connectivity index (χ1n) is 11.3. The molecule has 0 atom stereocenters. The number of benzene rings is 2. The molecule has 1 fully saturated rings. The van der Waals surface area contributed by atoms with E-state index in [-0.39, 0.29) is 24.5 Å². The zero-order valence-corrected chi connectivity index (χ0v) is 18.5. The highest BCUT2D eigenvalue weighted by atomic mass is 16.7. The van der Waals surface area contributed by atoms with Gasteiger partial charge >= 0.3 is 0 Å². The highest BCUT2D eigenvalue weighted by Gasteiger charge is 2.27. The lowest BCUT2D eigenvalue weighted by molar-refractivity contribution is -0.130. The summed E-state index contributed by atoms with van der Waals surface area (Å²) in [5.74, 6) is 1.98. The Hall–Kier alpha value is -3.74. The minimum absolute atomic E-state index is 0.0334. The molecular weight excluding hydrogens is 420 g/mol. The number of fused-ring (bicyclic) bond motifs is 2. The van der Waals surface area contributed by atoms with Gasteiger partial charge in [0.05, 0.1) is 0 Å². The molecule has 2 aromatic carbocycles. The Kier molecular flexibility index (Phi) is 5.77. The van der Waals surface area contributed by atoms with Crippen molar-refractivity contribution in [2.45, 2.75) is 26.2 Å². The molecule has 2 amide bonds. The Bertz CT molecular complexity index is 1220. The number of carbonyl (C=O) groups is 2. The molecule has 2 aliphatic rings. The van der Waals surface area contributed by atoms with Crippen LogP contribution in [0.15, 0.2) is 53.0 Å². The molecule has 3 heterocycles. The number of hydrogen-bond donors (Lipinski definition) is 1. The number of furan rings is 1. The third kappa shape index (κ3) is 4.31. The normalized spacial score (nSPS) is 16.0. The first kappa shape index (κ1) is 21.1. The van der Waals surface area contributed by atoms with Crippen LogP contribution in [0.1, 0.15) is 31.1 Å². The van der Waals surface area contributed by atoms with E-state index in [9.17, 15) is 9.59 Å². The summed E-state index contributed by atoms with van der Waals surface area (Å²) in [4.78, 5) is 27.3. The van der Waals surface area contributed by atoms with Crippen molar-refractivity contribution in [2.24, 2.45) is 5.92 Å². The fourth-order valence-electron chi connectivity index (χ4n) is 4.40. The van der Waals surface area contributed by atoms with E-state index in [0.29, 0.717) is 43.1 Å². The van der Waals surface area contributed by atoms with Crippen LogP contribution in [0, 0.1) is 5.92 Å². The quantitative estimate of drug-likeness (QED) is 0.579. The highest BCUT2D eigenvalue weighted by molar-refractivity contribution is 5.97. The highest BCUT2D eigenvalue weighted by Crippen LogP contribution is 2.34. The summed E-state index contributed by atoms with van der Waals surface area (Å²) in [7, 11) is 0. The van der Waals surface area contributed by atoms with Gasteiger partial charge in [-0.1, -0.05) is 25.1 Å². The van der Waals surface area contributed by atoms with Crippen LogP contribution in [0.5, 0.6) is 11.5 Å². The summed E-state index contributed by atoms with van der Waals surface area (Å²) in [5, 5.41) is 3.97. The van der Waals surface area contributed by atoms with Gasteiger partial charge in [0, 0.05) is 54.2 Å². The lowest BCUT2D eigenvalue weighted by Crippen LogP contribution is -2.40. The van der Waals surface area contributed by atoms with Crippen LogP contribution in [-0.4, -0.2) is 36.6 Å². The Labute approximate surface area is 192 Å². The van der Waals surface area contributed by atoms with Crippen molar-refractivity contribution in [2.75, 3.05) is 25.2 Å². The van der Waals surface area contributed by atoms with Gasteiger partial charge in [0.25, 0.3) is 0 Å². The van der Waals surface area contributed by atoms with E-state index in [1.165, 1.54) is 0 Å². The van der Waals surface area contributed by atoms with Gasteiger partial charge in [-0.15, -0.1) is 0 Å². The topological polar surface area (TPSA) is 81.0 Å². The van der Waals surface area contributed by atoms with Crippen LogP contribution in [0.3, 0.4) is 0 Å². The van der Waals surface area contributed by atoms with Gasteiger partial charge in [-0.3, -0.25) is 9.59 Å². The molecule has 0 unspecified atom stereocenters. The van der Waals surface area contributed by atoms with Crippen molar-refractivity contribution in [1.82, 2.24) is 4.90 Å². The van der Waals surface area contributed by atoms with Crippen molar-refractivity contribution >= 4 is 34.5 Å².